The molecular formula is C18H16O3. The number of aryl methyl sites for hydroxylation is 2. The molecule has 0 aliphatic heterocycles. The third-order valence-electron chi connectivity index (χ3n) is 3.57. The SMILES string of the molecule is COc1cccc(-c2cc(=O)oc3cc(C)cc(C)c23)c1. The largest absolute Gasteiger partial charge is 0.497 e. The fraction of sp³-hybridized carbons (Fsp3) is 0.167. The lowest BCUT2D eigenvalue weighted by molar-refractivity contribution is 0.415. The zero-order valence-electron chi connectivity index (χ0n) is 12.3. The van der Waals surface area contributed by atoms with Gasteiger partial charge in [-0.2, -0.15) is 0 Å². The summed E-state index contributed by atoms with van der Waals surface area (Å²) in [6.07, 6.45) is 0. The molecule has 0 amide bonds. The first-order valence-electron chi connectivity index (χ1n) is 6.78. The van der Waals surface area contributed by atoms with E-state index in [1.54, 1.807) is 13.2 Å². The van der Waals surface area contributed by atoms with Crippen LogP contribution in [-0.2, 0) is 0 Å². The second kappa shape index (κ2) is 5.09. The van der Waals surface area contributed by atoms with E-state index in [0.717, 1.165) is 33.4 Å². The predicted molar refractivity (Wildman–Crippen MR) is 83.9 cm³/mol. The Labute approximate surface area is 122 Å². The maximum Gasteiger partial charge on any atom is 0.336 e. The summed E-state index contributed by atoms with van der Waals surface area (Å²) in [5.74, 6) is 0.763. The zero-order valence-corrected chi connectivity index (χ0v) is 12.3. The Hall–Kier alpha value is -2.55. The maximum atomic E-state index is 11.9. The minimum atomic E-state index is -0.342. The molecule has 1 aromatic heterocycles. The van der Waals surface area contributed by atoms with Gasteiger partial charge in [-0.25, -0.2) is 4.79 Å². The van der Waals surface area contributed by atoms with E-state index in [4.69, 9.17) is 9.15 Å². The highest BCUT2D eigenvalue weighted by Gasteiger charge is 2.11. The number of hydrogen-bond donors (Lipinski definition) is 0. The van der Waals surface area contributed by atoms with Crippen molar-refractivity contribution in [1.29, 1.82) is 0 Å². The molecule has 106 valence electrons. The molecule has 0 atom stereocenters. The highest BCUT2D eigenvalue weighted by atomic mass is 16.5. The molecule has 0 saturated carbocycles. The molecule has 2 aromatic carbocycles. The van der Waals surface area contributed by atoms with Gasteiger partial charge >= 0.3 is 5.63 Å². The summed E-state index contributed by atoms with van der Waals surface area (Å²) in [6.45, 7) is 4.02. The average Bonchev–Trinajstić information content (AvgIpc) is 2.45. The van der Waals surface area contributed by atoms with Crippen molar-refractivity contribution < 1.29 is 9.15 Å². The minimum absolute atomic E-state index is 0.342. The zero-order chi connectivity index (χ0) is 15.0. The van der Waals surface area contributed by atoms with Gasteiger partial charge in [0, 0.05) is 17.0 Å². The molecule has 0 bridgehead atoms. The molecule has 0 spiro atoms. The molecule has 0 fully saturated rings. The summed E-state index contributed by atoms with van der Waals surface area (Å²) in [5.41, 5.74) is 4.26. The monoisotopic (exact) mass is 280 g/mol. The number of rotatable bonds is 2. The van der Waals surface area contributed by atoms with Crippen LogP contribution in [0.4, 0.5) is 0 Å². The average molecular weight is 280 g/mol. The van der Waals surface area contributed by atoms with Crippen molar-refractivity contribution >= 4 is 11.0 Å². The Morgan fingerprint density at radius 2 is 1.86 bits per heavy atom. The molecule has 0 aliphatic rings. The Balaban J connectivity index is 2.38. The summed E-state index contributed by atoms with van der Waals surface area (Å²) >= 11 is 0. The first kappa shape index (κ1) is 13.4. The van der Waals surface area contributed by atoms with Crippen LogP contribution < -0.4 is 10.4 Å². The Morgan fingerprint density at radius 3 is 2.62 bits per heavy atom. The Kier molecular flexibility index (Phi) is 3.26. The third kappa shape index (κ3) is 2.42. The van der Waals surface area contributed by atoms with E-state index in [-0.39, 0.29) is 5.63 Å². The minimum Gasteiger partial charge on any atom is -0.497 e. The second-order valence-corrected chi connectivity index (χ2v) is 5.17. The van der Waals surface area contributed by atoms with E-state index >= 15 is 0 Å². The van der Waals surface area contributed by atoms with E-state index < -0.39 is 0 Å². The summed E-state index contributed by atoms with van der Waals surface area (Å²) in [4.78, 5) is 11.9. The molecule has 3 nitrogen and oxygen atoms in total. The highest BCUT2D eigenvalue weighted by Crippen LogP contribution is 2.32. The van der Waals surface area contributed by atoms with Gasteiger partial charge in [0.15, 0.2) is 0 Å². The van der Waals surface area contributed by atoms with Crippen molar-refractivity contribution in [3.05, 3.63) is 64.0 Å². The second-order valence-electron chi connectivity index (χ2n) is 5.17. The molecule has 0 aliphatic carbocycles. The van der Waals surface area contributed by atoms with Crippen LogP contribution in [0.3, 0.4) is 0 Å². The molecular weight excluding hydrogens is 264 g/mol. The first-order valence-corrected chi connectivity index (χ1v) is 6.78. The summed E-state index contributed by atoms with van der Waals surface area (Å²) in [7, 11) is 1.63. The van der Waals surface area contributed by atoms with Crippen molar-refractivity contribution in [1.82, 2.24) is 0 Å². The highest BCUT2D eigenvalue weighted by molar-refractivity contribution is 5.96. The third-order valence-corrected chi connectivity index (χ3v) is 3.57. The topological polar surface area (TPSA) is 39.4 Å². The molecule has 21 heavy (non-hydrogen) atoms. The van der Waals surface area contributed by atoms with E-state index in [9.17, 15) is 4.79 Å². The molecule has 0 unspecified atom stereocenters. The van der Waals surface area contributed by atoms with Gasteiger partial charge in [-0.15, -0.1) is 0 Å². The quantitative estimate of drug-likeness (QED) is 0.664. The van der Waals surface area contributed by atoms with Gasteiger partial charge in [0.05, 0.1) is 7.11 Å². The van der Waals surface area contributed by atoms with Crippen LogP contribution in [-0.4, -0.2) is 7.11 Å². The number of methoxy groups -OCH3 is 1. The van der Waals surface area contributed by atoms with Crippen molar-refractivity contribution in [2.24, 2.45) is 0 Å². The number of ether oxygens (including phenoxy) is 1. The lowest BCUT2D eigenvalue weighted by Gasteiger charge is -2.10. The van der Waals surface area contributed by atoms with E-state index in [2.05, 4.69) is 6.07 Å². The predicted octanol–water partition coefficient (Wildman–Crippen LogP) is 4.09. The van der Waals surface area contributed by atoms with Crippen molar-refractivity contribution in [2.75, 3.05) is 7.11 Å². The normalized spacial score (nSPS) is 10.8. The van der Waals surface area contributed by atoms with E-state index in [1.165, 1.54) is 0 Å². The summed E-state index contributed by atoms with van der Waals surface area (Å²) in [5, 5.41) is 0.966. The Morgan fingerprint density at radius 1 is 1.05 bits per heavy atom. The number of fused-ring (bicyclic) bond motifs is 1. The molecule has 3 heteroatoms. The van der Waals surface area contributed by atoms with Gasteiger partial charge in [0.1, 0.15) is 11.3 Å². The van der Waals surface area contributed by atoms with Crippen molar-refractivity contribution in [3.63, 3.8) is 0 Å². The van der Waals surface area contributed by atoms with Gasteiger partial charge in [0.2, 0.25) is 0 Å². The van der Waals surface area contributed by atoms with Crippen LogP contribution in [0.15, 0.2) is 51.7 Å². The van der Waals surface area contributed by atoms with Crippen LogP contribution in [0.25, 0.3) is 22.1 Å². The number of hydrogen-bond acceptors (Lipinski definition) is 3. The lowest BCUT2D eigenvalue weighted by atomic mass is 9.97. The van der Waals surface area contributed by atoms with Gasteiger partial charge in [-0.05, 0) is 48.7 Å². The van der Waals surface area contributed by atoms with Crippen LogP contribution >= 0.6 is 0 Å². The Bertz CT molecular complexity index is 875. The van der Waals surface area contributed by atoms with Gasteiger partial charge in [-0.1, -0.05) is 18.2 Å². The lowest BCUT2D eigenvalue weighted by Crippen LogP contribution is -1.99. The molecule has 3 rings (SSSR count). The van der Waals surface area contributed by atoms with Crippen molar-refractivity contribution in [3.8, 4) is 16.9 Å². The molecule has 0 N–H and O–H groups in total. The molecule has 0 radical (unpaired) electrons. The van der Waals surface area contributed by atoms with Crippen molar-refractivity contribution in [2.45, 2.75) is 13.8 Å². The molecule has 3 aromatic rings. The summed E-state index contributed by atoms with van der Waals surface area (Å²) in [6, 6.07) is 13.2. The van der Waals surface area contributed by atoms with Gasteiger partial charge in [0.25, 0.3) is 0 Å². The standard InChI is InChI=1S/C18H16O3/c1-11-7-12(2)18-15(10-17(19)21-16(18)8-11)13-5-4-6-14(9-13)20-3/h4-10H,1-3H3. The van der Waals surface area contributed by atoms with Gasteiger partial charge in [-0.3, -0.25) is 0 Å². The van der Waals surface area contributed by atoms with Gasteiger partial charge < -0.3 is 9.15 Å². The molecule has 0 saturated heterocycles. The van der Waals surface area contributed by atoms with E-state index in [1.807, 2.05) is 44.2 Å². The number of benzene rings is 2. The van der Waals surface area contributed by atoms with Crippen LogP contribution in [0, 0.1) is 13.8 Å². The maximum absolute atomic E-state index is 11.9. The first-order chi connectivity index (χ1) is 10.1. The fourth-order valence-corrected chi connectivity index (χ4v) is 2.70. The summed E-state index contributed by atoms with van der Waals surface area (Å²) < 4.78 is 10.6. The van der Waals surface area contributed by atoms with E-state index in [0.29, 0.717) is 5.58 Å². The van der Waals surface area contributed by atoms with Crippen LogP contribution in [0.1, 0.15) is 11.1 Å². The smallest absolute Gasteiger partial charge is 0.336 e. The van der Waals surface area contributed by atoms with Crippen LogP contribution in [0.2, 0.25) is 0 Å². The molecule has 1 heterocycles. The fourth-order valence-electron chi connectivity index (χ4n) is 2.70. The van der Waals surface area contributed by atoms with Crippen LogP contribution in [0.5, 0.6) is 5.75 Å².